The summed E-state index contributed by atoms with van der Waals surface area (Å²) >= 11 is 0. The van der Waals surface area contributed by atoms with Gasteiger partial charge in [-0.2, -0.15) is 0 Å². The summed E-state index contributed by atoms with van der Waals surface area (Å²) in [4.78, 5) is 0. The maximum absolute atomic E-state index is 5.76. The number of hydrogen-bond acceptors (Lipinski definition) is 3. The molecular weight excluding hydrogens is 154 g/mol. The largest absolute Gasteiger partial charge is 0.355 e. The molecule has 1 N–H and O–H groups in total. The molecule has 0 aromatic rings. The lowest BCUT2D eigenvalue weighted by molar-refractivity contribution is -0.230. The Morgan fingerprint density at radius 2 is 2.08 bits per heavy atom. The molecule has 3 nitrogen and oxygen atoms in total. The predicted molar refractivity (Wildman–Crippen MR) is 45.9 cm³/mol. The summed E-state index contributed by atoms with van der Waals surface area (Å²) in [6.45, 7) is 5.75. The average Bonchev–Trinajstić information content (AvgIpc) is 2.12. The Hall–Kier alpha value is -0.120. The van der Waals surface area contributed by atoms with Crippen molar-refractivity contribution in [2.24, 2.45) is 5.92 Å². The smallest absolute Gasteiger partial charge is 0.147 e. The molecule has 1 atom stereocenters. The molecule has 0 aromatic carbocycles. The summed E-state index contributed by atoms with van der Waals surface area (Å²) in [6.07, 6.45) is 2.27. The van der Waals surface area contributed by atoms with Crippen molar-refractivity contribution in [1.82, 2.24) is 5.32 Å². The van der Waals surface area contributed by atoms with Gasteiger partial charge in [0.05, 0.1) is 12.2 Å². The third-order valence-electron chi connectivity index (χ3n) is 3.15. The first-order chi connectivity index (χ1) is 5.83. The van der Waals surface area contributed by atoms with Crippen molar-refractivity contribution in [3.05, 3.63) is 0 Å². The van der Waals surface area contributed by atoms with E-state index in [2.05, 4.69) is 12.2 Å². The fourth-order valence-corrected chi connectivity index (χ4v) is 2.17. The minimum absolute atomic E-state index is 0.128. The molecule has 0 radical (unpaired) electrons. The van der Waals surface area contributed by atoms with Gasteiger partial charge in [0, 0.05) is 5.92 Å². The van der Waals surface area contributed by atoms with Crippen molar-refractivity contribution in [3.63, 3.8) is 0 Å². The van der Waals surface area contributed by atoms with Gasteiger partial charge in [0.25, 0.3) is 0 Å². The van der Waals surface area contributed by atoms with Gasteiger partial charge >= 0.3 is 0 Å². The maximum Gasteiger partial charge on any atom is 0.147 e. The van der Waals surface area contributed by atoms with Gasteiger partial charge in [0.2, 0.25) is 0 Å². The van der Waals surface area contributed by atoms with Gasteiger partial charge in [0.1, 0.15) is 6.79 Å². The van der Waals surface area contributed by atoms with Crippen molar-refractivity contribution in [2.45, 2.75) is 25.4 Å². The lowest BCUT2D eigenvalue weighted by atomic mass is 9.81. The summed E-state index contributed by atoms with van der Waals surface area (Å²) in [5.41, 5.74) is 0.128. The zero-order valence-corrected chi connectivity index (χ0v) is 7.64. The Kier molecular flexibility index (Phi) is 2.35. The number of piperidine rings is 1. The quantitative estimate of drug-likeness (QED) is 0.583. The Labute approximate surface area is 73.4 Å². The number of rotatable bonds is 0. The third-order valence-corrected chi connectivity index (χ3v) is 3.15. The second-order valence-corrected chi connectivity index (χ2v) is 3.85. The SMILES string of the molecule is CC1COCOC12CCNCC2. The van der Waals surface area contributed by atoms with Gasteiger partial charge < -0.3 is 14.8 Å². The highest BCUT2D eigenvalue weighted by molar-refractivity contribution is 4.91. The first kappa shape index (κ1) is 8.48. The van der Waals surface area contributed by atoms with Gasteiger partial charge in [-0.15, -0.1) is 0 Å². The van der Waals surface area contributed by atoms with Crippen molar-refractivity contribution < 1.29 is 9.47 Å². The summed E-state index contributed by atoms with van der Waals surface area (Å²) < 4.78 is 11.0. The van der Waals surface area contributed by atoms with Crippen molar-refractivity contribution in [1.29, 1.82) is 0 Å². The molecule has 2 aliphatic rings. The summed E-state index contributed by atoms with van der Waals surface area (Å²) in [6, 6.07) is 0. The Morgan fingerprint density at radius 3 is 2.75 bits per heavy atom. The number of hydrogen-bond donors (Lipinski definition) is 1. The van der Waals surface area contributed by atoms with Crippen LogP contribution in [0.3, 0.4) is 0 Å². The van der Waals surface area contributed by atoms with Crippen molar-refractivity contribution in [3.8, 4) is 0 Å². The van der Waals surface area contributed by atoms with Gasteiger partial charge in [-0.25, -0.2) is 0 Å². The first-order valence-electron chi connectivity index (χ1n) is 4.76. The minimum atomic E-state index is 0.128. The van der Waals surface area contributed by atoms with E-state index in [9.17, 15) is 0 Å². The molecule has 12 heavy (non-hydrogen) atoms. The van der Waals surface area contributed by atoms with Gasteiger partial charge in [0.15, 0.2) is 0 Å². The number of nitrogens with one attached hydrogen (secondary N) is 1. The molecule has 2 aliphatic heterocycles. The fourth-order valence-electron chi connectivity index (χ4n) is 2.17. The summed E-state index contributed by atoms with van der Waals surface area (Å²) in [5.74, 6) is 0.549. The van der Waals surface area contributed by atoms with E-state index in [4.69, 9.17) is 9.47 Å². The Bertz CT molecular complexity index is 146. The normalized spacial score (nSPS) is 35.2. The van der Waals surface area contributed by atoms with E-state index >= 15 is 0 Å². The molecule has 2 fully saturated rings. The van der Waals surface area contributed by atoms with Gasteiger partial charge in [-0.05, 0) is 25.9 Å². The molecule has 0 aromatic heterocycles. The molecule has 0 aliphatic carbocycles. The predicted octanol–water partition coefficient (Wildman–Crippen LogP) is 0.749. The average molecular weight is 171 g/mol. The highest BCUT2D eigenvalue weighted by Crippen LogP contribution is 2.34. The van der Waals surface area contributed by atoms with E-state index in [0.29, 0.717) is 12.7 Å². The maximum atomic E-state index is 5.76. The molecule has 70 valence electrons. The number of ether oxygens (including phenoxy) is 2. The highest BCUT2D eigenvalue weighted by Gasteiger charge is 2.40. The lowest BCUT2D eigenvalue weighted by Crippen LogP contribution is -2.52. The summed E-state index contributed by atoms with van der Waals surface area (Å²) in [5, 5.41) is 3.36. The Balaban J connectivity index is 2.04. The van der Waals surface area contributed by atoms with Crippen molar-refractivity contribution >= 4 is 0 Å². The molecule has 2 saturated heterocycles. The molecular formula is C9H17NO2. The van der Waals surface area contributed by atoms with Crippen LogP contribution in [0.1, 0.15) is 19.8 Å². The van der Waals surface area contributed by atoms with E-state index in [-0.39, 0.29) is 5.60 Å². The fraction of sp³-hybridized carbons (Fsp3) is 1.00. The second-order valence-electron chi connectivity index (χ2n) is 3.85. The van der Waals surface area contributed by atoms with Crippen LogP contribution in [0.5, 0.6) is 0 Å². The van der Waals surface area contributed by atoms with Crippen LogP contribution >= 0.6 is 0 Å². The second kappa shape index (κ2) is 3.32. The minimum Gasteiger partial charge on any atom is -0.355 e. The van der Waals surface area contributed by atoms with Crippen LogP contribution in [0, 0.1) is 5.92 Å². The molecule has 1 unspecified atom stereocenters. The van der Waals surface area contributed by atoms with Gasteiger partial charge in [-0.1, -0.05) is 6.92 Å². The van der Waals surface area contributed by atoms with Crippen LogP contribution in [-0.2, 0) is 9.47 Å². The van der Waals surface area contributed by atoms with E-state index in [0.717, 1.165) is 32.5 Å². The molecule has 0 bridgehead atoms. The van der Waals surface area contributed by atoms with E-state index in [1.54, 1.807) is 0 Å². The topological polar surface area (TPSA) is 30.5 Å². The molecule has 0 amide bonds. The third kappa shape index (κ3) is 1.37. The first-order valence-corrected chi connectivity index (χ1v) is 4.76. The monoisotopic (exact) mass is 171 g/mol. The Morgan fingerprint density at radius 1 is 1.33 bits per heavy atom. The van der Waals surface area contributed by atoms with Crippen molar-refractivity contribution in [2.75, 3.05) is 26.5 Å². The van der Waals surface area contributed by atoms with Crippen LogP contribution in [0.4, 0.5) is 0 Å². The van der Waals surface area contributed by atoms with E-state index in [1.807, 2.05) is 0 Å². The molecule has 1 spiro atoms. The molecule has 3 heteroatoms. The standard InChI is InChI=1S/C9H17NO2/c1-8-6-11-7-12-9(8)2-4-10-5-3-9/h8,10H,2-7H2,1H3. The lowest BCUT2D eigenvalue weighted by Gasteiger charge is -2.44. The van der Waals surface area contributed by atoms with Crippen LogP contribution < -0.4 is 5.32 Å². The van der Waals surface area contributed by atoms with E-state index < -0.39 is 0 Å². The zero-order chi connectivity index (χ0) is 8.44. The highest BCUT2D eigenvalue weighted by atomic mass is 16.7. The molecule has 2 rings (SSSR count). The van der Waals surface area contributed by atoms with Crippen LogP contribution in [0.25, 0.3) is 0 Å². The van der Waals surface area contributed by atoms with E-state index in [1.165, 1.54) is 0 Å². The van der Waals surface area contributed by atoms with Crippen LogP contribution in [0.2, 0.25) is 0 Å². The molecule has 2 heterocycles. The molecule has 0 saturated carbocycles. The van der Waals surface area contributed by atoms with Crippen LogP contribution in [0.15, 0.2) is 0 Å². The van der Waals surface area contributed by atoms with Crippen LogP contribution in [-0.4, -0.2) is 32.1 Å². The summed E-state index contributed by atoms with van der Waals surface area (Å²) in [7, 11) is 0. The zero-order valence-electron chi connectivity index (χ0n) is 7.64. The van der Waals surface area contributed by atoms with Gasteiger partial charge in [-0.3, -0.25) is 0 Å².